The lowest BCUT2D eigenvalue weighted by Gasteiger charge is -2.06. The number of para-hydroxylation sites is 1. The Morgan fingerprint density at radius 3 is 2.67 bits per heavy atom. The van der Waals surface area contributed by atoms with Gasteiger partial charge in [-0.25, -0.2) is 0 Å². The summed E-state index contributed by atoms with van der Waals surface area (Å²) in [6, 6.07) is 14.3. The van der Waals surface area contributed by atoms with Crippen molar-refractivity contribution in [3.05, 3.63) is 69.8 Å². The third kappa shape index (κ3) is 3.94. The molecule has 0 spiro atoms. The molecule has 126 valence electrons. The number of hydrogen-bond donors (Lipinski definition) is 1. The van der Waals surface area contributed by atoms with Crippen LogP contribution in [0.2, 0.25) is 10.0 Å². The van der Waals surface area contributed by atoms with Crippen molar-refractivity contribution in [2.24, 2.45) is 0 Å². The fraction of sp³-hybridized carbons (Fsp3) is 0.300. The van der Waals surface area contributed by atoms with Crippen LogP contribution >= 0.6 is 23.2 Å². The van der Waals surface area contributed by atoms with Crippen LogP contribution in [0.25, 0.3) is 10.9 Å². The summed E-state index contributed by atoms with van der Waals surface area (Å²) in [7, 11) is 0. The fourth-order valence-electron chi connectivity index (χ4n) is 3.06. The van der Waals surface area contributed by atoms with E-state index >= 15 is 0 Å². The normalized spacial score (nSPS) is 11.3. The second-order valence-corrected chi connectivity index (χ2v) is 6.87. The molecule has 24 heavy (non-hydrogen) atoms. The van der Waals surface area contributed by atoms with Crippen molar-refractivity contribution in [2.45, 2.75) is 32.9 Å². The molecular formula is C20H22Cl2N2. The first-order valence-corrected chi connectivity index (χ1v) is 9.16. The highest BCUT2D eigenvalue weighted by molar-refractivity contribution is 6.35. The maximum Gasteiger partial charge on any atom is 0.0483 e. The van der Waals surface area contributed by atoms with E-state index in [0.717, 1.165) is 43.1 Å². The van der Waals surface area contributed by atoms with Gasteiger partial charge < -0.3 is 9.88 Å². The number of hydrogen-bond acceptors (Lipinski definition) is 1. The maximum atomic E-state index is 6.23. The van der Waals surface area contributed by atoms with Crippen molar-refractivity contribution in [1.29, 1.82) is 0 Å². The predicted molar refractivity (Wildman–Crippen MR) is 104 cm³/mol. The number of nitrogens with one attached hydrogen (secondary N) is 1. The Morgan fingerprint density at radius 2 is 1.88 bits per heavy atom. The Hall–Kier alpha value is -1.48. The average Bonchev–Trinajstić information content (AvgIpc) is 2.92. The number of aryl methyl sites for hydroxylation is 1. The van der Waals surface area contributed by atoms with Crippen LogP contribution in [0.4, 0.5) is 0 Å². The molecule has 1 heterocycles. The summed E-state index contributed by atoms with van der Waals surface area (Å²) in [5, 5.41) is 6.29. The van der Waals surface area contributed by atoms with Crippen molar-refractivity contribution < 1.29 is 0 Å². The van der Waals surface area contributed by atoms with Crippen molar-refractivity contribution >= 4 is 34.1 Å². The van der Waals surface area contributed by atoms with E-state index in [0.29, 0.717) is 5.02 Å². The van der Waals surface area contributed by atoms with Gasteiger partial charge in [-0.2, -0.15) is 0 Å². The lowest BCUT2D eigenvalue weighted by atomic mass is 10.1. The van der Waals surface area contributed by atoms with Gasteiger partial charge in [0.2, 0.25) is 0 Å². The third-order valence-electron chi connectivity index (χ3n) is 4.24. The molecule has 0 saturated heterocycles. The molecule has 3 rings (SSSR count). The van der Waals surface area contributed by atoms with Gasteiger partial charge in [0.25, 0.3) is 0 Å². The minimum Gasteiger partial charge on any atom is -0.347 e. The number of rotatable bonds is 7. The SMILES string of the molecule is CCCn1cc(CNCCc2ccc(Cl)cc2Cl)c2ccccc21. The summed E-state index contributed by atoms with van der Waals surface area (Å²) in [5.74, 6) is 0. The molecular weight excluding hydrogens is 339 g/mol. The van der Waals surface area contributed by atoms with Gasteiger partial charge in [0.05, 0.1) is 0 Å². The number of fused-ring (bicyclic) bond motifs is 1. The van der Waals surface area contributed by atoms with E-state index in [2.05, 4.69) is 47.3 Å². The highest BCUT2D eigenvalue weighted by atomic mass is 35.5. The van der Waals surface area contributed by atoms with Gasteiger partial charge in [0.1, 0.15) is 0 Å². The van der Waals surface area contributed by atoms with E-state index in [1.165, 1.54) is 16.5 Å². The van der Waals surface area contributed by atoms with Gasteiger partial charge in [-0.1, -0.05) is 54.4 Å². The Balaban J connectivity index is 1.63. The zero-order valence-electron chi connectivity index (χ0n) is 13.9. The average molecular weight is 361 g/mol. The van der Waals surface area contributed by atoms with Gasteiger partial charge in [-0.15, -0.1) is 0 Å². The molecule has 0 atom stereocenters. The standard InChI is InChI=1S/C20H22Cl2N2/c1-2-11-24-14-16(18-5-3-4-6-20(18)24)13-23-10-9-15-7-8-17(21)12-19(15)22/h3-8,12,14,23H,2,9-11,13H2,1H3. The maximum absolute atomic E-state index is 6.23. The first-order chi connectivity index (χ1) is 11.7. The van der Waals surface area contributed by atoms with E-state index in [4.69, 9.17) is 23.2 Å². The smallest absolute Gasteiger partial charge is 0.0483 e. The first-order valence-electron chi connectivity index (χ1n) is 8.40. The van der Waals surface area contributed by atoms with Crippen LogP contribution in [0.15, 0.2) is 48.7 Å². The zero-order valence-corrected chi connectivity index (χ0v) is 15.4. The second-order valence-electron chi connectivity index (χ2n) is 6.03. The Morgan fingerprint density at radius 1 is 1.04 bits per heavy atom. The van der Waals surface area contributed by atoms with Crippen LogP contribution in [0, 0.1) is 0 Å². The van der Waals surface area contributed by atoms with Gasteiger partial charge in [0.15, 0.2) is 0 Å². The van der Waals surface area contributed by atoms with Gasteiger partial charge >= 0.3 is 0 Å². The van der Waals surface area contributed by atoms with Gasteiger partial charge in [-0.05, 0) is 48.7 Å². The number of halogens is 2. The molecule has 0 saturated carbocycles. The number of benzene rings is 2. The van der Waals surface area contributed by atoms with Gasteiger partial charge in [0, 0.05) is 40.2 Å². The van der Waals surface area contributed by atoms with Crippen LogP contribution in [-0.4, -0.2) is 11.1 Å². The summed E-state index contributed by atoms with van der Waals surface area (Å²) >= 11 is 12.2. The summed E-state index contributed by atoms with van der Waals surface area (Å²) in [5.41, 5.74) is 3.79. The van der Waals surface area contributed by atoms with Gasteiger partial charge in [-0.3, -0.25) is 0 Å². The van der Waals surface area contributed by atoms with E-state index in [9.17, 15) is 0 Å². The molecule has 0 unspecified atom stereocenters. The summed E-state index contributed by atoms with van der Waals surface area (Å²) < 4.78 is 2.35. The lowest BCUT2D eigenvalue weighted by molar-refractivity contribution is 0.674. The molecule has 4 heteroatoms. The fourth-order valence-corrected chi connectivity index (χ4v) is 3.56. The molecule has 2 aromatic carbocycles. The van der Waals surface area contributed by atoms with Crippen molar-refractivity contribution in [2.75, 3.05) is 6.54 Å². The summed E-state index contributed by atoms with van der Waals surface area (Å²) in [6.07, 6.45) is 4.31. The van der Waals surface area contributed by atoms with Crippen molar-refractivity contribution in [3.8, 4) is 0 Å². The number of nitrogens with zero attached hydrogens (tertiary/aromatic N) is 1. The lowest BCUT2D eigenvalue weighted by Crippen LogP contribution is -2.16. The predicted octanol–water partition coefficient (Wildman–Crippen LogP) is 5.69. The summed E-state index contributed by atoms with van der Waals surface area (Å²) in [6.45, 7) is 5.01. The van der Waals surface area contributed by atoms with Crippen LogP contribution < -0.4 is 5.32 Å². The zero-order chi connectivity index (χ0) is 16.9. The molecule has 3 aromatic rings. The van der Waals surface area contributed by atoms with Crippen LogP contribution in [0.3, 0.4) is 0 Å². The van der Waals surface area contributed by atoms with E-state index in [1.807, 2.05) is 12.1 Å². The van der Waals surface area contributed by atoms with Crippen LogP contribution in [0.5, 0.6) is 0 Å². The Labute approximate surface area is 153 Å². The third-order valence-corrected chi connectivity index (χ3v) is 4.82. The minimum absolute atomic E-state index is 0.681. The number of aromatic nitrogens is 1. The second kappa shape index (κ2) is 8.06. The van der Waals surface area contributed by atoms with E-state index in [1.54, 1.807) is 6.07 Å². The molecule has 0 radical (unpaired) electrons. The molecule has 1 N–H and O–H groups in total. The van der Waals surface area contributed by atoms with Crippen LogP contribution in [0.1, 0.15) is 24.5 Å². The minimum atomic E-state index is 0.681. The van der Waals surface area contributed by atoms with Crippen LogP contribution in [-0.2, 0) is 19.5 Å². The molecule has 0 aliphatic heterocycles. The molecule has 0 amide bonds. The van der Waals surface area contributed by atoms with E-state index in [-0.39, 0.29) is 0 Å². The largest absolute Gasteiger partial charge is 0.347 e. The Bertz CT molecular complexity index is 824. The quantitative estimate of drug-likeness (QED) is 0.535. The monoisotopic (exact) mass is 360 g/mol. The highest BCUT2D eigenvalue weighted by Crippen LogP contribution is 2.23. The topological polar surface area (TPSA) is 17.0 Å². The first kappa shape index (κ1) is 17.3. The van der Waals surface area contributed by atoms with E-state index < -0.39 is 0 Å². The molecule has 1 aromatic heterocycles. The highest BCUT2D eigenvalue weighted by Gasteiger charge is 2.07. The molecule has 0 aliphatic rings. The molecule has 0 fully saturated rings. The molecule has 2 nitrogen and oxygen atoms in total. The van der Waals surface area contributed by atoms with Crippen molar-refractivity contribution in [1.82, 2.24) is 9.88 Å². The van der Waals surface area contributed by atoms with Crippen molar-refractivity contribution in [3.63, 3.8) is 0 Å². The molecule has 0 aliphatic carbocycles. The Kier molecular flexibility index (Phi) is 5.83. The summed E-state index contributed by atoms with van der Waals surface area (Å²) in [4.78, 5) is 0. The molecule has 0 bridgehead atoms.